The van der Waals surface area contributed by atoms with Crippen LogP contribution in [0.2, 0.25) is 0 Å². The van der Waals surface area contributed by atoms with Gasteiger partial charge < -0.3 is 4.84 Å². The van der Waals surface area contributed by atoms with Crippen molar-refractivity contribution in [3.05, 3.63) is 34.9 Å². The fraction of sp³-hybridized carbons (Fsp3) is 0.562. The summed E-state index contributed by atoms with van der Waals surface area (Å²) in [6.07, 6.45) is 3.36. The molecule has 1 aliphatic carbocycles. The first kappa shape index (κ1) is 13.1. The van der Waals surface area contributed by atoms with E-state index >= 15 is 0 Å². The van der Waals surface area contributed by atoms with Gasteiger partial charge in [0.1, 0.15) is 6.61 Å². The molecule has 1 aliphatic rings. The van der Waals surface area contributed by atoms with Gasteiger partial charge in [0.15, 0.2) is 0 Å². The standard InChI is InChI=1S/C16H23NO/c1-5-18-17-15-8-6-7-12-11-13(16(2,3)4)9-10-14(12)15/h9-11H,5-8H2,1-4H3/b17-15+. The van der Waals surface area contributed by atoms with Crippen LogP contribution >= 0.6 is 0 Å². The first-order valence-electron chi connectivity index (χ1n) is 6.85. The van der Waals surface area contributed by atoms with Crippen molar-refractivity contribution in [1.82, 2.24) is 0 Å². The highest BCUT2D eigenvalue weighted by Gasteiger charge is 2.20. The van der Waals surface area contributed by atoms with Gasteiger partial charge in [-0.25, -0.2) is 0 Å². The lowest BCUT2D eigenvalue weighted by molar-refractivity contribution is 0.158. The van der Waals surface area contributed by atoms with E-state index in [1.807, 2.05) is 6.92 Å². The van der Waals surface area contributed by atoms with Crippen LogP contribution in [0.15, 0.2) is 23.4 Å². The summed E-state index contributed by atoms with van der Waals surface area (Å²) in [4.78, 5) is 5.22. The molecule has 0 fully saturated rings. The highest BCUT2D eigenvalue weighted by molar-refractivity contribution is 6.02. The Kier molecular flexibility index (Phi) is 3.74. The maximum absolute atomic E-state index is 5.22. The van der Waals surface area contributed by atoms with Gasteiger partial charge in [0, 0.05) is 5.56 Å². The minimum Gasteiger partial charge on any atom is -0.396 e. The molecule has 2 rings (SSSR count). The van der Waals surface area contributed by atoms with E-state index in [1.165, 1.54) is 23.1 Å². The second-order valence-corrected chi connectivity index (χ2v) is 5.93. The van der Waals surface area contributed by atoms with Crippen LogP contribution in [0, 0.1) is 0 Å². The first-order valence-corrected chi connectivity index (χ1v) is 6.85. The predicted octanol–water partition coefficient (Wildman–Crippen LogP) is 4.06. The number of nitrogens with zero attached hydrogens (tertiary/aromatic N) is 1. The maximum atomic E-state index is 5.22. The van der Waals surface area contributed by atoms with Crippen LogP contribution in [0.4, 0.5) is 0 Å². The van der Waals surface area contributed by atoms with Gasteiger partial charge in [0.2, 0.25) is 0 Å². The van der Waals surface area contributed by atoms with Crippen LogP contribution < -0.4 is 0 Å². The minimum absolute atomic E-state index is 0.212. The van der Waals surface area contributed by atoms with Gasteiger partial charge >= 0.3 is 0 Å². The number of fused-ring (bicyclic) bond motifs is 1. The van der Waals surface area contributed by atoms with Crippen molar-refractivity contribution < 1.29 is 4.84 Å². The van der Waals surface area contributed by atoms with Crippen LogP contribution in [0.1, 0.15) is 57.2 Å². The molecule has 18 heavy (non-hydrogen) atoms. The highest BCUT2D eigenvalue weighted by atomic mass is 16.6. The zero-order valence-corrected chi connectivity index (χ0v) is 11.9. The monoisotopic (exact) mass is 245 g/mol. The Morgan fingerprint density at radius 3 is 2.67 bits per heavy atom. The summed E-state index contributed by atoms with van der Waals surface area (Å²) < 4.78 is 0. The van der Waals surface area contributed by atoms with Crippen LogP contribution in [-0.4, -0.2) is 12.3 Å². The topological polar surface area (TPSA) is 21.6 Å². The Hall–Kier alpha value is -1.31. The number of benzene rings is 1. The molecule has 0 bridgehead atoms. The predicted molar refractivity (Wildman–Crippen MR) is 76.2 cm³/mol. The second-order valence-electron chi connectivity index (χ2n) is 5.93. The highest BCUT2D eigenvalue weighted by Crippen LogP contribution is 2.28. The second kappa shape index (κ2) is 5.13. The van der Waals surface area contributed by atoms with E-state index in [2.05, 4.69) is 44.1 Å². The lowest BCUT2D eigenvalue weighted by atomic mass is 9.82. The van der Waals surface area contributed by atoms with Gasteiger partial charge in [-0.15, -0.1) is 0 Å². The number of oxime groups is 1. The summed E-state index contributed by atoms with van der Waals surface area (Å²) in [7, 11) is 0. The summed E-state index contributed by atoms with van der Waals surface area (Å²) >= 11 is 0. The van der Waals surface area contributed by atoms with Gasteiger partial charge in [-0.3, -0.25) is 0 Å². The molecule has 1 aromatic rings. The largest absolute Gasteiger partial charge is 0.396 e. The van der Waals surface area contributed by atoms with Crippen LogP contribution in [-0.2, 0) is 16.7 Å². The fourth-order valence-electron chi connectivity index (χ4n) is 2.37. The smallest absolute Gasteiger partial charge is 0.114 e. The van der Waals surface area contributed by atoms with Gasteiger partial charge in [0.25, 0.3) is 0 Å². The van der Waals surface area contributed by atoms with Crippen LogP contribution in [0.3, 0.4) is 0 Å². The van der Waals surface area contributed by atoms with Crippen molar-refractivity contribution in [2.75, 3.05) is 6.61 Å². The summed E-state index contributed by atoms with van der Waals surface area (Å²) in [6.45, 7) is 9.38. The normalized spacial score (nSPS) is 17.7. The van der Waals surface area contributed by atoms with Gasteiger partial charge in [-0.1, -0.05) is 44.1 Å². The summed E-state index contributed by atoms with van der Waals surface area (Å²) in [5.74, 6) is 0. The molecular formula is C16H23NO. The molecule has 0 saturated carbocycles. The quantitative estimate of drug-likeness (QED) is 0.720. The molecule has 0 atom stereocenters. The van der Waals surface area contributed by atoms with E-state index < -0.39 is 0 Å². The van der Waals surface area contributed by atoms with Crippen molar-refractivity contribution in [3.63, 3.8) is 0 Å². The van der Waals surface area contributed by atoms with Crippen LogP contribution in [0.5, 0.6) is 0 Å². The molecule has 2 heteroatoms. The molecule has 0 aromatic heterocycles. The molecule has 1 aromatic carbocycles. The van der Waals surface area contributed by atoms with Crippen LogP contribution in [0.25, 0.3) is 0 Å². The molecule has 0 spiro atoms. The number of hydrogen-bond donors (Lipinski definition) is 0. The Morgan fingerprint density at radius 2 is 2.00 bits per heavy atom. The molecule has 0 amide bonds. The summed E-state index contributed by atoms with van der Waals surface area (Å²) in [5.41, 5.74) is 5.43. The van der Waals surface area contributed by atoms with E-state index in [4.69, 9.17) is 4.84 Å². The molecule has 0 radical (unpaired) electrons. The number of hydrogen-bond acceptors (Lipinski definition) is 2. The van der Waals surface area contributed by atoms with Crippen molar-refractivity contribution in [2.45, 2.75) is 52.4 Å². The third-order valence-corrected chi connectivity index (χ3v) is 3.45. The van der Waals surface area contributed by atoms with Crippen molar-refractivity contribution >= 4 is 5.71 Å². The van der Waals surface area contributed by atoms with Crippen molar-refractivity contribution in [3.8, 4) is 0 Å². The lowest BCUT2D eigenvalue weighted by Gasteiger charge is -2.24. The zero-order valence-electron chi connectivity index (χ0n) is 11.9. The van der Waals surface area contributed by atoms with Crippen molar-refractivity contribution in [1.29, 1.82) is 0 Å². The maximum Gasteiger partial charge on any atom is 0.114 e. The Morgan fingerprint density at radius 1 is 1.22 bits per heavy atom. The average molecular weight is 245 g/mol. The van der Waals surface area contributed by atoms with E-state index in [-0.39, 0.29) is 5.41 Å². The van der Waals surface area contributed by atoms with E-state index in [0.717, 1.165) is 18.6 Å². The van der Waals surface area contributed by atoms with E-state index in [1.54, 1.807) is 0 Å². The fourth-order valence-corrected chi connectivity index (χ4v) is 2.37. The van der Waals surface area contributed by atoms with E-state index in [0.29, 0.717) is 6.61 Å². The van der Waals surface area contributed by atoms with Gasteiger partial charge in [0.05, 0.1) is 5.71 Å². The number of aryl methyl sites for hydroxylation is 1. The molecule has 98 valence electrons. The summed E-state index contributed by atoms with van der Waals surface area (Å²) in [6, 6.07) is 6.79. The third-order valence-electron chi connectivity index (χ3n) is 3.45. The molecular weight excluding hydrogens is 222 g/mol. The first-order chi connectivity index (χ1) is 8.52. The third kappa shape index (κ3) is 2.74. The van der Waals surface area contributed by atoms with Crippen molar-refractivity contribution in [2.24, 2.45) is 5.16 Å². The number of rotatable bonds is 2. The Labute approximate surface area is 110 Å². The van der Waals surface area contributed by atoms with Gasteiger partial charge in [-0.05, 0) is 42.7 Å². The SMILES string of the molecule is CCO/N=C1\CCCc2cc(C(C)(C)C)ccc21. The minimum atomic E-state index is 0.212. The molecule has 0 unspecified atom stereocenters. The molecule has 0 heterocycles. The van der Waals surface area contributed by atoms with E-state index in [9.17, 15) is 0 Å². The Balaban J connectivity index is 2.37. The molecule has 2 nitrogen and oxygen atoms in total. The lowest BCUT2D eigenvalue weighted by Crippen LogP contribution is -2.16. The summed E-state index contributed by atoms with van der Waals surface area (Å²) in [5, 5.41) is 4.25. The zero-order chi connectivity index (χ0) is 13.2. The molecule has 0 saturated heterocycles. The average Bonchev–Trinajstić information content (AvgIpc) is 2.34. The molecule has 0 aliphatic heterocycles. The Bertz CT molecular complexity index is 455. The molecule has 0 N–H and O–H groups in total. The van der Waals surface area contributed by atoms with Gasteiger partial charge in [-0.2, -0.15) is 0 Å².